The van der Waals surface area contributed by atoms with Gasteiger partial charge in [0.15, 0.2) is 0 Å². The highest BCUT2D eigenvalue weighted by atomic mass is 79.9. The first kappa shape index (κ1) is 18.4. The van der Waals surface area contributed by atoms with E-state index in [4.69, 9.17) is 0 Å². The normalized spacial score (nSPS) is 14.3. The lowest BCUT2D eigenvalue weighted by atomic mass is 10.1. The zero-order valence-corrected chi connectivity index (χ0v) is 16.6. The smallest absolute Gasteiger partial charge is 0.277 e. The summed E-state index contributed by atoms with van der Waals surface area (Å²) in [6.45, 7) is 1.28. The lowest BCUT2D eigenvalue weighted by molar-refractivity contribution is -0.383. The Hall–Kier alpha value is -2.93. The van der Waals surface area contributed by atoms with Gasteiger partial charge >= 0.3 is 0 Å². The summed E-state index contributed by atoms with van der Waals surface area (Å²) in [5.74, 6) is -0.0883. The van der Waals surface area contributed by atoms with Crippen LogP contribution in [0.25, 0.3) is 10.8 Å². The third-order valence-electron chi connectivity index (χ3n) is 4.97. The number of benzene rings is 3. The number of fused-ring (bicyclic) bond motifs is 1. The third-order valence-corrected chi connectivity index (χ3v) is 5.66. The van der Waals surface area contributed by atoms with E-state index in [0.717, 1.165) is 28.4 Å². The Morgan fingerprint density at radius 1 is 0.929 bits per heavy atom. The van der Waals surface area contributed by atoms with E-state index in [2.05, 4.69) is 15.9 Å². The third kappa shape index (κ3) is 3.22. The molecule has 0 saturated carbocycles. The number of hydrazine groups is 1. The Labute approximate surface area is 170 Å². The molecular formula is C21H18BrN3O3. The summed E-state index contributed by atoms with van der Waals surface area (Å²) in [5, 5.41) is 16.5. The fourth-order valence-electron chi connectivity index (χ4n) is 3.65. The minimum Gasteiger partial charge on any atom is -0.282 e. The molecule has 4 rings (SSSR count). The number of nitro benzene ring substituents is 1. The van der Waals surface area contributed by atoms with Gasteiger partial charge in [0.2, 0.25) is 0 Å². The van der Waals surface area contributed by atoms with Gasteiger partial charge in [-0.15, -0.1) is 0 Å². The number of hydrogen-bond donors (Lipinski definition) is 0. The molecule has 3 aromatic rings. The molecule has 6 nitrogen and oxygen atoms in total. The molecule has 1 aliphatic heterocycles. The van der Waals surface area contributed by atoms with Crippen molar-refractivity contribution in [2.45, 2.75) is 12.8 Å². The first-order valence-electron chi connectivity index (χ1n) is 9.08. The van der Waals surface area contributed by atoms with Gasteiger partial charge in [-0.05, 0) is 53.0 Å². The Morgan fingerprint density at radius 3 is 2.36 bits per heavy atom. The molecule has 1 aliphatic rings. The molecule has 3 aromatic carbocycles. The summed E-state index contributed by atoms with van der Waals surface area (Å²) in [4.78, 5) is 24.3. The molecule has 0 radical (unpaired) electrons. The van der Waals surface area contributed by atoms with E-state index in [9.17, 15) is 14.9 Å². The van der Waals surface area contributed by atoms with Crippen LogP contribution in [0.3, 0.4) is 0 Å². The molecule has 1 saturated heterocycles. The van der Waals surface area contributed by atoms with Crippen molar-refractivity contribution < 1.29 is 9.72 Å². The molecule has 0 unspecified atom stereocenters. The molecule has 0 spiro atoms. The number of hydrogen-bond acceptors (Lipinski definition) is 4. The summed E-state index contributed by atoms with van der Waals surface area (Å²) in [7, 11) is 0. The first-order valence-corrected chi connectivity index (χ1v) is 9.87. The quantitative estimate of drug-likeness (QED) is 0.417. The van der Waals surface area contributed by atoms with Crippen molar-refractivity contribution in [3.63, 3.8) is 0 Å². The molecule has 1 heterocycles. The van der Waals surface area contributed by atoms with E-state index in [1.165, 1.54) is 6.07 Å². The van der Waals surface area contributed by atoms with E-state index in [0.29, 0.717) is 24.0 Å². The second kappa shape index (κ2) is 7.59. The highest BCUT2D eigenvalue weighted by molar-refractivity contribution is 9.10. The van der Waals surface area contributed by atoms with Crippen molar-refractivity contribution in [1.82, 2.24) is 5.01 Å². The van der Waals surface area contributed by atoms with Crippen molar-refractivity contribution in [2.24, 2.45) is 0 Å². The second-order valence-corrected chi connectivity index (χ2v) is 7.50. The van der Waals surface area contributed by atoms with Crippen molar-refractivity contribution in [3.8, 4) is 0 Å². The van der Waals surface area contributed by atoms with E-state index in [1.54, 1.807) is 29.3 Å². The van der Waals surface area contributed by atoms with Gasteiger partial charge in [-0.25, -0.2) is 5.01 Å². The number of nitro groups is 1. The van der Waals surface area contributed by atoms with Crippen LogP contribution in [0, 0.1) is 10.1 Å². The fraction of sp³-hybridized carbons (Fsp3) is 0.190. The fourth-order valence-corrected chi connectivity index (χ4v) is 4.11. The standard InChI is InChI=1S/C21H18BrN3O3/c22-18-10-4-3-9-17(18)21(26)24-14-6-5-13-23(24)19-11-12-20(25(27)28)16-8-2-1-7-15(16)19/h1-4,7-12H,5-6,13-14H2. The molecule has 0 aromatic heterocycles. The predicted molar refractivity (Wildman–Crippen MR) is 112 cm³/mol. The Morgan fingerprint density at radius 2 is 1.61 bits per heavy atom. The lowest BCUT2D eigenvalue weighted by Gasteiger charge is -2.40. The van der Waals surface area contributed by atoms with E-state index in [1.807, 2.05) is 35.3 Å². The average molecular weight is 440 g/mol. The van der Waals surface area contributed by atoms with Crippen molar-refractivity contribution in [2.75, 3.05) is 18.1 Å². The number of non-ortho nitro benzene ring substituents is 1. The van der Waals surface area contributed by atoms with Crippen LogP contribution in [0.2, 0.25) is 0 Å². The zero-order valence-electron chi connectivity index (χ0n) is 15.0. The lowest BCUT2D eigenvalue weighted by Crippen LogP contribution is -2.50. The molecular weight excluding hydrogens is 422 g/mol. The summed E-state index contributed by atoms with van der Waals surface area (Å²) in [5.41, 5.74) is 1.47. The number of carbonyl (C=O) groups excluding carboxylic acids is 1. The van der Waals surface area contributed by atoms with Gasteiger partial charge < -0.3 is 0 Å². The van der Waals surface area contributed by atoms with Gasteiger partial charge in [0.25, 0.3) is 11.6 Å². The van der Waals surface area contributed by atoms with Crippen LogP contribution in [0.1, 0.15) is 23.2 Å². The molecule has 7 heteroatoms. The van der Waals surface area contributed by atoms with Crippen LogP contribution in [-0.4, -0.2) is 28.9 Å². The maximum Gasteiger partial charge on any atom is 0.277 e. The molecule has 0 atom stereocenters. The van der Waals surface area contributed by atoms with Crippen LogP contribution >= 0.6 is 15.9 Å². The average Bonchev–Trinajstić information content (AvgIpc) is 2.72. The summed E-state index contributed by atoms with van der Waals surface area (Å²) >= 11 is 3.46. The van der Waals surface area contributed by atoms with Crippen LogP contribution < -0.4 is 5.01 Å². The van der Waals surface area contributed by atoms with E-state index in [-0.39, 0.29) is 16.5 Å². The Balaban J connectivity index is 1.81. The molecule has 0 N–H and O–H groups in total. The van der Waals surface area contributed by atoms with Crippen LogP contribution in [-0.2, 0) is 0 Å². The van der Waals surface area contributed by atoms with Crippen LogP contribution in [0.15, 0.2) is 65.1 Å². The Bertz CT molecular complexity index is 1070. The molecule has 1 fully saturated rings. The number of amides is 1. The maximum absolute atomic E-state index is 13.3. The van der Waals surface area contributed by atoms with Gasteiger partial charge in [0.05, 0.1) is 21.6 Å². The van der Waals surface area contributed by atoms with E-state index >= 15 is 0 Å². The number of nitrogens with zero attached hydrogens (tertiary/aromatic N) is 3. The van der Waals surface area contributed by atoms with Crippen LogP contribution in [0.5, 0.6) is 0 Å². The number of rotatable bonds is 3. The molecule has 0 bridgehead atoms. The predicted octanol–water partition coefficient (Wildman–Crippen LogP) is 5.17. The molecule has 142 valence electrons. The molecule has 0 aliphatic carbocycles. The summed E-state index contributed by atoms with van der Waals surface area (Å²) in [6.07, 6.45) is 1.86. The van der Waals surface area contributed by atoms with Crippen molar-refractivity contribution in [1.29, 1.82) is 0 Å². The number of anilines is 1. The highest BCUT2D eigenvalue weighted by Crippen LogP contribution is 2.35. The number of halogens is 1. The SMILES string of the molecule is O=C(c1ccccc1Br)N1CCCCN1c1ccc([N+](=O)[O-])c2ccccc12. The minimum absolute atomic E-state index is 0.0695. The topological polar surface area (TPSA) is 66.7 Å². The highest BCUT2D eigenvalue weighted by Gasteiger charge is 2.29. The van der Waals surface area contributed by atoms with Gasteiger partial charge in [-0.3, -0.25) is 19.9 Å². The van der Waals surface area contributed by atoms with Crippen molar-refractivity contribution >= 4 is 44.0 Å². The van der Waals surface area contributed by atoms with Crippen molar-refractivity contribution in [3.05, 3.63) is 80.8 Å². The zero-order chi connectivity index (χ0) is 19.7. The monoisotopic (exact) mass is 439 g/mol. The maximum atomic E-state index is 13.3. The van der Waals surface area contributed by atoms with Gasteiger partial charge in [0.1, 0.15) is 0 Å². The molecule has 1 amide bonds. The van der Waals surface area contributed by atoms with E-state index < -0.39 is 0 Å². The largest absolute Gasteiger partial charge is 0.282 e. The number of carbonyl (C=O) groups is 1. The minimum atomic E-state index is -0.369. The van der Waals surface area contributed by atoms with Gasteiger partial charge in [-0.2, -0.15) is 0 Å². The van der Waals surface area contributed by atoms with Gasteiger partial charge in [-0.1, -0.05) is 30.3 Å². The van der Waals surface area contributed by atoms with Crippen LogP contribution in [0.4, 0.5) is 11.4 Å². The second-order valence-electron chi connectivity index (χ2n) is 6.64. The first-order chi connectivity index (χ1) is 13.6. The molecule has 28 heavy (non-hydrogen) atoms. The Kier molecular flexibility index (Phi) is 5.00. The van der Waals surface area contributed by atoms with Gasteiger partial charge in [0, 0.05) is 29.0 Å². The summed E-state index contributed by atoms with van der Waals surface area (Å²) in [6, 6.07) is 17.9. The summed E-state index contributed by atoms with van der Waals surface area (Å²) < 4.78 is 0.749.